The van der Waals surface area contributed by atoms with Gasteiger partial charge in [-0.15, -0.1) is 0 Å². The zero-order chi connectivity index (χ0) is 22.5. The number of allylic oxidation sites excluding steroid dienone is 2. The van der Waals surface area contributed by atoms with E-state index in [9.17, 15) is 20.1 Å². The molecule has 4 rings (SSSR count). The third-order valence-electron chi connectivity index (χ3n) is 5.23. The van der Waals surface area contributed by atoms with Crippen LogP contribution in [0.4, 0.5) is 0 Å². The maximum absolute atomic E-state index is 13.1. The Hall–Kier alpha value is -3.67. The molecule has 0 fully saturated rings. The topological polar surface area (TPSA) is 100 Å². The summed E-state index contributed by atoms with van der Waals surface area (Å²) in [5.74, 6) is -0.451. The molecule has 2 heterocycles. The van der Waals surface area contributed by atoms with Crippen LogP contribution in [0.2, 0.25) is 0 Å². The fourth-order valence-electron chi connectivity index (χ4n) is 3.61. The van der Waals surface area contributed by atoms with E-state index in [0.717, 1.165) is 5.57 Å². The minimum absolute atomic E-state index is 0.0408. The molecule has 0 atom stereocenters. The number of rotatable bonds is 3. The molecule has 0 spiro atoms. The van der Waals surface area contributed by atoms with Gasteiger partial charge in [0.25, 0.3) is 0 Å². The zero-order valence-corrected chi connectivity index (χ0v) is 17.8. The molecule has 0 saturated carbocycles. The Morgan fingerprint density at radius 1 is 1.06 bits per heavy atom. The van der Waals surface area contributed by atoms with Crippen molar-refractivity contribution in [1.29, 1.82) is 0 Å². The number of fused-ring (bicyclic) bond motifs is 2. The normalized spacial score (nSPS) is 14.2. The molecule has 2 aromatic carbocycles. The predicted octanol–water partition coefficient (Wildman–Crippen LogP) is 5.27. The van der Waals surface area contributed by atoms with E-state index in [-0.39, 0.29) is 28.2 Å². The number of phenolic OH excluding ortho intramolecular Hbond substituents is 2. The van der Waals surface area contributed by atoms with Gasteiger partial charge in [0, 0.05) is 11.1 Å². The molecule has 1 aliphatic heterocycles. The van der Waals surface area contributed by atoms with Gasteiger partial charge >= 0.3 is 0 Å². The lowest BCUT2D eigenvalue weighted by atomic mass is 9.94. The van der Waals surface area contributed by atoms with Gasteiger partial charge in [-0.25, -0.2) is 0 Å². The second-order valence-electron chi connectivity index (χ2n) is 8.45. The minimum atomic E-state index is -0.735. The van der Waals surface area contributed by atoms with Crippen LogP contribution in [0.1, 0.15) is 38.8 Å². The van der Waals surface area contributed by atoms with Gasteiger partial charge in [-0.3, -0.25) is 4.79 Å². The minimum Gasteiger partial charge on any atom is -0.508 e. The maximum Gasteiger partial charge on any atom is 0.238 e. The van der Waals surface area contributed by atoms with E-state index in [2.05, 4.69) is 0 Å². The summed E-state index contributed by atoms with van der Waals surface area (Å²) in [4.78, 5) is 13.1. The molecule has 3 N–H and O–H groups in total. The summed E-state index contributed by atoms with van der Waals surface area (Å²) < 4.78 is 12.2. The van der Waals surface area contributed by atoms with Crippen molar-refractivity contribution in [3.05, 3.63) is 63.3 Å². The van der Waals surface area contributed by atoms with Crippen molar-refractivity contribution in [3.63, 3.8) is 0 Å². The van der Waals surface area contributed by atoms with Crippen LogP contribution in [-0.4, -0.2) is 20.9 Å². The van der Waals surface area contributed by atoms with Crippen LogP contribution in [0.25, 0.3) is 28.4 Å². The third kappa shape index (κ3) is 3.54. The highest BCUT2D eigenvalue weighted by atomic mass is 16.5. The van der Waals surface area contributed by atoms with Crippen LogP contribution in [0.5, 0.6) is 23.0 Å². The van der Waals surface area contributed by atoms with E-state index >= 15 is 0 Å². The van der Waals surface area contributed by atoms with Gasteiger partial charge in [-0.2, -0.15) is 0 Å². The van der Waals surface area contributed by atoms with Gasteiger partial charge in [0.05, 0.1) is 5.56 Å². The Bertz CT molecular complexity index is 1300. The highest BCUT2D eigenvalue weighted by molar-refractivity contribution is 5.96. The van der Waals surface area contributed by atoms with Crippen molar-refractivity contribution in [2.24, 2.45) is 0 Å². The molecule has 0 radical (unpaired) electrons. The lowest BCUT2D eigenvalue weighted by Crippen LogP contribution is -2.28. The Balaban J connectivity index is 2.12. The average Bonchev–Trinajstić information content (AvgIpc) is 2.70. The molecule has 6 heteroatoms. The summed E-state index contributed by atoms with van der Waals surface area (Å²) in [5.41, 5.74) is 1.30. The lowest BCUT2D eigenvalue weighted by molar-refractivity contribution is 0.157. The van der Waals surface area contributed by atoms with Crippen LogP contribution in [-0.2, 0) is 6.42 Å². The Morgan fingerprint density at radius 2 is 1.74 bits per heavy atom. The molecule has 160 valence electrons. The van der Waals surface area contributed by atoms with Gasteiger partial charge in [-0.1, -0.05) is 11.6 Å². The molecular formula is C25H24O6. The van der Waals surface area contributed by atoms with Crippen molar-refractivity contribution in [3.8, 4) is 34.3 Å². The molecule has 0 saturated heterocycles. The summed E-state index contributed by atoms with van der Waals surface area (Å²) in [6.45, 7) is 7.72. The standard InChI is InChI=1S/C25H24O6/c1-13(2)5-10-17-23-16(11-12-25(3,4)31-23)19(27)18-20(28)21(29)22(30-24(17)18)14-6-8-15(26)9-7-14/h5-9,11-12,26-27,29H,10H2,1-4H3. The Labute approximate surface area is 179 Å². The lowest BCUT2D eigenvalue weighted by Gasteiger charge is -2.30. The first kappa shape index (κ1) is 20.6. The molecule has 0 bridgehead atoms. The van der Waals surface area contributed by atoms with Gasteiger partial charge in [0.15, 0.2) is 5.76 Å². The van der Waals surface area contributed by atoms with Crippen molar-refractivity contribution in [2.45, 2.75) is 39.7 Å². The average molecular weight is 420 g/mol. The molecular weight excluding hydrogens is 396 g/mol. The Kier molecular flexibility index (Phi) is 4.81. The first-order chi connectivity index (χ1) is 14.6. The van der Waals surface area contributed by atoms with Crippen LogP contribution in [0.3, 0.4) is 0 Å². The van der Waals surface area contributed by atoms with E-state index in [4.69, 9.17) is 9.15 Å². The summed E-state index contributed by atoms with van der Waals surface area (Å²) in [5, 5.41) is 31.0. The quantitative estimate of drug-likeness (QED) is 0.499. The second kappa shape index (κ2) is 7.23. The van der Waals surface area contributed by atoms with E-state index in [1.807, 2.05) is 33.8 Å². The molecule has 3 aromatic rings. The number of hydrogen-bond acceptors (Lipinski definition) is 6. The van der Waals surface area contributed by atoms with Gasteiger partial charge < -0.3 is 24.5 Å². The van der Waals surface area contributed by atoms with Gasteiger partial charge in [0.2, 0.25) is 11.2 Å². The monoisotopic (exact) mass is 420 g/mol. The zero-order valence-electron chi connectivity index (χ0n) is 17.8. The fourth-order valence-corrected chi connectivity index (χ4v) is 3.61. The molecule has 0 amide bonds. The van der Waals surface area contributed by atoms with Gasteiger partial charge in [0.1, 0.15) is 33.8 Å². The summed E-state index contributed by atoms with van der Waals surface area (Å²) in [6, 6.07) is 5.94. The highest BCUT2D eigenvalue weighted by Gasteiger charge is 2.31. The number of ether oxygens (including phenoxy) is 1. The highest BCUT2D eigenvalue weighted by Crippen LogP contribution is 2.46. The van der Waals surface area contributed by atoms with E-state index < -0.39 is 16.8 Å². The number of benzene rings is 2. The molecule has 6 nitrogen and oxygen atoms in total. The first-order valence-corrected chi connectivity index (χ1v) is 9.97. The summed E-state index contributed by atoms with van der Waals surface area (Å²) in [7, 11) is 0. The van der Waals surface area contributed by atoms with Crippen molar-refractivity contribution >= 4 is 17.0 Å². The maximum atomic E-state index is 13.1. The summed E-state index contributed by atoms with van der Waals surface area (Å²) >= 11 is 0. The molecule has 31 heavy (non-hydrogen) atoms. The molecule has 1 aliphatic rings. The van der Waals surface area contributed by atoms with Crippen LogP contribution >= 0.6 is 0 Å². The number of hydrogen-bond donors (Lipinski definition) is 3. The third-order valence-corrected chi connectivity index (χ3v) is 5.23. The Morgan fingerprint density at radius 3 is 2.39 bits per heavy atom. The van der Waals surface area contributed by atoms with Crippen LogP contribution in [0.15, 0.2) is 51.2 Å². The largest absolute Gasteiger partial charge is 0.508 e. The summed E-state index contributed by atoms with van der Waals surface area (Å²) in [6.07, 6.45) is 5.92. The van der Waals surface area contributed by atoms with Crippen LogP contribution < -0.4 is 10.2 Å². The number of aromatic hydroxyl groups is 3. The second-order valence-corrected chi connectivity index (χ2v) is 8.45. The van der Waals surface area contributed by atoms with E-state index in [0.29, 0.717) is 28.9 Å². The van der Waals surface area contributed by atoms with Crippen molar-refractivity contribution < 1.29 is 24.5 Å². The van der Waals surface area contributed by atoms with Crippen LogP contribution in [0, 0.1) is 0 Å². The SMILES string of the molecule is CC(C)=CCc1c2c(c(O)c3c(=O)c(O)c(-c4ccc(O)cc4)oc13)C=CC(C)(C)O2. The first-order valence-electron chi connectivity index (χ1n) is 9.97. The van der Waals surface area contributed by atoms with E-state index in [1.165, 1.54) is 24.3 Å². The van der Waals surface area contributed by atoms with Crippen molar-refractivity contribution in [1.82, 2.24) is 0 Å². The fraction of sp³-hybridized carbons (Fsp3) is 0.240. The smallest absolute Gasteiger partial charge is 0.238 e. The predicted molar refractivity (Wildman–Crippen MR) is 120 cm³/mol. The molecule has 1 aromatic heterocycles. The molecule has 0 aliphatic carbocycles. The van der Waals surface area contributed by atoms with Crippen molar-refractivity contribution in [2.75, 3.05) is 0 Å². The van der Waals surface area contributed by atoms with E-state index in [1.54, 1.807) is 12.2 Å². The number of phenols is 2. The molecule has 0 unspecified atom stereocenters. The van der Waals surface area contributed by atoms with Gasteiger partial charge in [-0.05, 0) is 70.5 Å².